The number of benzene rings is 1. The van der Waals surface area contributed by atoms with Crippen molar-refractivity contribution in [2.24, 2.45) is 5.92 Å². The maximum absolute atomic E-state index is 12.7. The number of nitrogens with one attached hydrogen (secondary N) is 1. The third-order valence-corrected chi connectivity index (χ3v) is 7.07. The molecule has 1 saturated heterocycles. The van der Waals surface area contributed by atoms with Crippen molar-refractivity contribution in [2.45, 2.75) is 50.9 Å². The third-order valence-electron chi connectivity index (χ3n) is 6.10. The van der Waals surface area contributed by atoms with Gasteiger partial charge in [0.15, 0.2) is 10.9 Å². The molecule has 1 atom stereocenters. The number of carbonyl (C=O) groups is 2. The lowest BCUT2D eigenvalue weighted by atomic mass is 10.00. The number of nitrogens with zero attached hydrogens (tertiary/aromatic N) is 4. The molecular formula is C25H31N5O3S. The second kappa shape index (κ2) is 11.4. The summed E-state index contributed by atoms with van der Waals surface area (Å²) in [6.45, 7) is 6.14. The van der Waals surface area contributed by atoms with Crippen molar-refractivity contribution in [1.82, 2.24) is 20.1 Å². The number of aromatic nitrogens is 3. The SMILES string of the molecule is CC(=O)C(Cc1ccccc1)NC(=O)CSc1nnc(N2CCC(C)CC2)n1Cc1ccco1. The summed E-state index contributed by atoms with van der Waals surface area (Å²) >= 11 is 1.32. The van der Waals surface area contributed by atoms with Crippen LogP contribution in [-0.2, 0) is 22.6 Å². The van der Waals surface area contributed by atoms with E-state index in [-0.39, 0.29) is 17.4 Å². The number of carbonyl (C=O) groups excluding carboxylic acids is 2. The summed E-state index contributed by atoms with van der Waals surface area (Å²) in [4.78, 5) is 27.1. The van der Waals surface area contributed by atoms with Gasteiger partial charge in [-0.1, -0.05) is 49.0 Å². The second-order valence-corrected chi connectivity index (χ2v) is 9.77. The molecule has 1 unspecified atom stereocenters. The minimum absolute atomic E-state index is 0.0650. The van der Waals surface area contributed by atoms with E-state index >= 15 is 0 Å². The van der Waals surface area contributed by atoms with Crippen molar-refractivity contribution >= 4 is 29.4 Å². The Morgan fingerprint density at radius 3 is 2.59 bits per heavy atom. The average Bonchev–Trinajstić information content (AvgIpc) is 3.49. The Labute approximate surface area is 204 Å². The molecule has 0 saturated carbocycles. The van der Waals surface area contributed by atoms with Gasteiger partial charge in [0.25, 0.3) is 0 Å². The van der Waals surface area contributed by atoms with Crippen LogP contribution in [0.5, 0.6) is 0 Å². The fourth-order valence-corrected chi connectivity index (χ4v) is 4.78. The molecule has 3 aromatic rings. The van der Waals surface area contributed by atoms with Gasteiger partial charge in [0.2, 0.25) is 11.9 Å². The van der Waals surface area contributed by atoms with E-state index in [0.717, 1.165) is 43.2 Å². The molecule has 1 aliphatic heterocycles. The Bertz CT molecular complexity index is 1080. The van der Waals surface area contributed by atoms with E-state index in [1.54, 1.807) is 6.26 Å². The highest BCUT2D eigenvalue weighted by atomic mass is 32.2. The molecule has 0 aliphatic carbocycles. The normalized spacial score (nSPS) is 15.3. The van der Waals surface area contributed by atoms with Crippen LogP contribution in [0.4, 0.5) is 5.95 Å². The van der Waals surface area contributed by atoms with Gasteiger partial charge >= 0.3 is 0 Å². The minimum Gasteiger partial charge on any atom is -0.467 e. The first kappa shape index (κ1) is 24.1. The minimum atomic E-state index is -0.553. The van der Waals surface area contributed by atoms with Gasteiger partial charge in [-0.2, -0.15) is 0 Å². The van der Waals surface area contributed by atoms with E-state index in [1.165, 1.54) is 18.7 Å². The first-order valence-electron chi connectivity index (χ1n) is 11.7. The molecule has 0 radical (unpaired) electrons. The predicted molar refractivity (Wildman–Crippen MR) is 132 cm³/mol. The topological polar surface area (TPSA) is 93.3 Å². The maximum Gasteiger partial charge on any atom is 0.231 e. The summed E-state index contributed by atoms with van der Waals surface area (Å²) in [5.74, 6) is 2.19. The Morgan fingerprint density at radius 1 is 1.15 bits per heavy atom. The monoisotopic (exact) mass is 481 g/mol. The van der Waals surface area contributed by atoms with Crippen molar-refractivity contribution in [1.29, 1.82) is 0 Å². The molecule has 180 valence electrons. The quantitative estimate of drug-likeness (QED) is 0.443. The summed E-state index contributed by atoms with van der Waals surface area (Å²) in [5, 5.41) is 12.4. The van der Waals surface area contributed by atoms with Crippen molar-refractivity contribution in [3.63, 3.8) is 0 Å². The van der Waals surface area contributed by atoms with Gasteiger partial charge in [-0.3, -0.25) is 14.2 Å². The highest BCUT2D eigenvalue weighted by Gasteiger charge is 2.24. The van der Waals surface area contributed by atoms with Gasteiger partial charge in [-0.05, 0) is 49.8 Å². The maximum atomic E-state index is 12.7. The smallest absolute Gasteiger partial charge is 0.231 e. The molecule has 0 bridgehead atoms. The van der Waals surface area contributed by atoms with Crippen LogP contribution >= 0.6 is 11.8 Å². The molecule has 1 aromatic carbocycles. The first-order chi connectivity index (χ1) is 16.5. The first-order valence-corrected chi connectivity index (χ1v) is 12.6. The van der Waals surface area contributed by atoms with Gasteiger partial charge in [0.1, 0.15) is 5.76 Å². The number of anilines is 1. The number of Topliss-reactive ketones (excluding diaryl/α,β-unsaturated/α-hetero) is 1. The number of piperidine rings is 1. The fraction of sp³-hybridized carbons (Fsp3) is 0.440. The Kier molecular flexibility index (Phi) is 8.05. The number of amides is 1. The van der Waals surface area contributed by atoms with E-state index in [9.17, 15) is 9.59 Å². The number of hydrogen-bond donors (Lipinski definition) is 1. The van der Waals surface area contributed by atoms with Crippen molar-refractivity contribution < 1.29 is 14.0 Å². The summed E-state index contributed by atoms with van der Waals surface area (Å²) in [6, 6.07) is 12.9. The Balaban J connectivity index is 1.43. The summed E-state index contributed by atoms with van der Waals surface area (Å²) in [5.41, 5.74) is 1.01. The number of thioether (sulfide) groups is 1. The number of furan rings is 1. The van der Waals surface area contributed by atoms with E-state index < -0.39 is 6.04 Å². The van der Waals surface area contributed by atoms with Crippen LogP contribution in [-0.4, -0.2) is 51.3 Å². The van der Waals surface area contributed by atoms with E-state index in [0.29, 0.717) is 24.0 Å². The number of hydrogen-bond acceptors (Lipinski definition) is 7. The van der Waals surface area contributed by atoms with Gasteiger partial charge in [-0.15, -0.1) is 10.2 Å². The number of ketones is 1. The molecular weight excluding hydrogens is 450 g/mol. The van der Waals surface area contributed by atoms with Gasteiger partial charge in [0, 0.05) is 13.1 Å². The lowest BCUT2D eigenvalue weighted by Gasteiger charge is -2.31. The molecule has 2 aromatic heterocycles. The summed E-state index contributed by atoms with van der Waals surface area (Å²) in [7, 11) is 0. The zero-order valence-corrected chi connectivity index (χ0v) is 20.5. The summed E-state index contributed by atoms with van der Waals surface area (Å²) < 4.78 is 7.57. The van der Waals surface area contributed by atoms with E-state index in [1.807, 2.05) is 47.0 Å². The average molecular weight is 482 g/mol. The van der Waals surface area contributed by atoms with Crippen molar-refractivity contribution in [2.75, 3.05) is 23.7 Å². The predicted octanol–water partition coefficient (Wildman–Crippen LogP) is 3.56. The molecule has 34 heavy (non-hydrogen) atoms. The van der Waals surface area contributed by atoms with E-state index in [4.69, 9.17) is 4.42 Å². The Morgan fingerprint density at radius 2 is 1.91 bits per heavy atom. The lowest BCUT2D eigenvalue weighted by molar-refractivity contribution is -0.125. The molecule has 1 fully saturated rings. The fourth-order valence-electron chi connectivity index (χ4n) is 4.04. The number of rotatable bonds is 10. The standard InChI is InChI=1S/C25H31N5O3S/c1-18-10-12-29(13-11-18)24-27-28-25(30(24)16-21-9-6-14-33-21)34-17-23(32)26-22(19(2)31)15-20-7-4-3-5-8-20/h3-9,14,18,22H,10-13,15-17H2,1-2H3,(H,26,32). The van der Waals surface area contributed by atoms with E-state index in [2.05, 4.69) is 27.3 Å². The molecule has 0 spiro atoms. The van der Waals surface area contributed by atoms with Crippen LogP contribution in [0, 0.1) is 5.92 Å². The molecule has 1 amide bonds. The largest absolute Gasteiger partial charge is 0.467 e. The summed E-state index contributed by atoms with van der Waals surface area (Å²) in [6.07, 6.45) is 4.36. The Hall–Kier alpha value is -3.07. The van der Waals surface area contributed by atoms with Crippen molar-refractivity contribution in [3.8, 4) is 0 Å². The van der Waals surface area contributed by atoms with Crippen LogP contribution < -0.4 is 10.2 Å². The van der Waals surface area contributed by atoms with Crippen LogP contribution in [0.3, 0.4) is 0 Å². The molecule has 9 heteroatoms. The van der Waals surface area contributed by atoms with Gasteiger partial charge in [0.05, 0.1) is 24.6 Å². The second-order valence-electron chi connectivity index (χ2n) is 8.83. The van der Waals surface area contributed by atoms with Crippen molar-refractivity contribution in [3.05, 3.63) is 60.1 Å². The van der Waals surface area contributed by atoms with Crippen LogP contribution in [0.2, 0.25) is 0 Å². The van der Waals surface area contributed by atoms with Crippen LogP contribution in [0.15, 0.2) is 58.3 Å². The molecule has 1 aliphatic rings. The highest BCUT2D eigenvalue weighted by molar-refractivity contribution is 7.99. The van der Waals surface area contributed by atoms with Crippen LogP contribution in [0.1, 0.15) is 38.0 Å². The zero-order valence-electron chi connectivity index (χ0n) is 19.6. The molecule has 1 N–H and O–H groups in total. The zero-order chi connectivity index (χ0) is 23.9. The van der Waals surface area contributed by atoms with Gasteiger partial charge < -0.3 is 14.6 Å². The molecule has 3 heterocycles. The van der Waals surface area contributed by atoms with Gasteiger partial charge in [-0.25, -0.2) is 0 Å². The molecule has 4 rings (SSSR count). The molecule has 8 nitrogen and oxygen atoms in total. The highest BCUT2D eigenvalue weighted by Crippen LogP contribution is 2.27. The lowest BCUT2D eigenvalue weighted by Crippen LogP contribution is -2.42. The third kappa shape index (κ3) is 6.28. The van der Waals surface area contributed by atoms with Crippen LogP contribution in [0.25, 0.3) is 0 Å².